The summed E-state index contributed by atoms with van der Waals surface area (Å²) in [6.45, 7) is 1.90. The fraction of sp³-hybridized carbons (Fsp3) is 0.0556. The van der Waals surface area contributed by atoms with Crippen molar-refractivity contribution in [1.29, 1.82) is 0 Å². The highest BCUT2D eigenvalue weighted by atomic mass is 16.4. The van der Waals surface area contributed by atoms with Crippen LogP contribution in [0.4, 0.5) is 6.01 Å². The minimum absolute atomic E-state index is 0.367. The minimum Gasteiger partial charge on any atom is -0.422 e. The number of anilines is 1. The second kappa shape index (κ2) is 5.53. The molecule has 0 radical (unpaired) electrons. The van der Waals surface area contributed by atoms with Crippen molar-refractivity contribution in [2.24, 2.45) is 5.10 Å². The third-order valence-electron chi connectivity index (χ3n) is 3.61. The van der Waals surface area contributed by atoms with E-state index >= 15 is 0 Å². The van der Waals surface area contributed by atoms with Crippen molar-refractivity contribution in [1.82, 2.24) is 9.97 Å². The summed E-state index contributed by atoms with van der Waals surface area (Å²) in [7, 11) is 0. The zero-order valence-corrected chi connectivity index (χ0v) is 12.5. The number of nitrogens with one attached hydrogen (secondary N) is 1. The van der Waals surface area contributed by atoms with E-state index in [9.17, 15) is 0 Å². The minimum atomic E-state index is 0.367. The molecule has 0 amide bonds. The van der Waals surface area contributed by atoms with Crippen molar-refractivity contribution in [2.45, 2.75) is 6.92 Å². The highest BCUT2D eigenvalue weighted by molar-refractivity contribution is 6.00. The van der Waals surface area contributed by atoms with Gasteiger partial charge in [0.25, 0.3) is 0 Å². The Morgan fingerprint density at radius 2 is 1.83 bits per heavy atom. The van der Waals surface area contributed by atoms with Gasteiger partial charge in [0, 0.05) is 11.6 Å². The van der Waals surface area contributed by atoms with Crippen molar-refractivity contribution >= 4 is 33.6 Å². The lowest BCUT2D eigenvalue weighted by Gasteiger charge is -2.02. The third-order valence-corrected chi connectivity index (χ3v) is 3.61. The quantitative estimate of drug-likeness (QED) is 0.455. The molecule has 112 valence electrons. The molecule has 0 atom stereocenters. The first kappa shape index (κ1) is 13.5. The molecule has 5 heteroatoms. The van der Waals surface area contributed by atoms with Crippen LogP contribution in [0.2, 0.25) is 0 Å². The molecular formula is C18H14N4O. The van der Waals surface area contributed by atoms with Gasteiger partial charge in [-0.25, -0.2) is 5.43 Å². The SMILES string of the molecule is C/C(=N\Nc1nc2ccccc2o1)c1cc2ccccc2cn1. The predicted molar refractivity (Wildman–Crippen MR) is 91.6 cm³/mol. The average Bonchev–Trinajstić information content (AvgIpc) is 3.02. The van der Waals surface area contributed by atoms with Crippen LogP contribution in [0.5, 0.6) is 0 Å². The number of aromatic nitrogens is 2. The Morgan fingerprint density at radius 3 is 2.70 bits per heavy atom. The van der Waals surface area contributed by atoms with Crippen molar-refractivity contribution < 1.29 is 4.42 Å². The van der Waals surface area contributed by atoms with Crippen LogP contribution in [0.15, 0.2) is 70.3 Å². The molecule has 0 aliphatic carbocycles. The molecule has 4 aromatic rings. The van der Waals surface area contributed by atoms with Crippen LogP contribution >= 0.6 is 0 Å². The Morgan fingerprint density at radius 1 is 1.04 bits per heavy atom. The van der Waals surface area contributed by atoms with E-state index in [4.69, 9.17) is 4.42 Å². The van der Waals surface area contributed by atoms with Gasteiger partial charge >= 0.3 is 6.01 Å². The molecule has 4 rings (SSSR count). The zero-order valence-electron chi connectivity index (χ0n) is 12.5. The van der Waals surface area contributed by atoms with Gasteiger partial charge in [-0.3, -0.25) is 4.98 Å². The summed E-state index contributed by atoms with van der Waals surface area (Å²) in [6.07, 6.45) is 1.85. The second-order valence-corrected chi connectivity index (χ2v) is 5.21. The summed E-state index contributed by atoms with van der Waals surface area (Å²) >= 11 is 0. The Hall–Kier alpha value is -3.21. The van der Waals surface area contributed by atoms with E-state index in [1.165, 1.54) is 0 Å². The van der Waals surface area contributed by atoms with E-state index in [2.05, 4.69) is 26.6 Å². The van der Waals surface area contributed by atoms with E-state index < -0.39 is 0 Å². The molecule has 0 saturated carbocycles. The molecule has 0 saturated heterocycles. The number of rotatable bonds is 3. The molecule has 5 nitrogen and oxygen atoms in total. The molecule has 2 aromatic heterocycles. The van der Waals surface area contributed by atoms with Crippen LogP contribution in [-0.4, -0.2) is 15.7 Å². The average molecular weight is 302 g/mol. The first-order chi connectivity index (χ1) is 11.3. The molecule has 0 unspecified atom stereocenters. The van der Waals surface area contributed by atoms with Gasteiger partial charge < -0.3 is 4.42 Å². The molecule has 0 aliphatic rings. The van der Waals surface area contributed by atoms with Gasteiger partial charge in [-0.2, -0.15) is 10.1 Å². The Balaban J connectivity index is 1.61. The van der Waals surface area contributed by atoms with Crippen LogP contribution in [0, 0.1) is 0 Å². The standard InChI is InChI=1S/C18H14N4O/c1-12(16-10-13-6-2-3-7-14(13)11-19-16)21-22-18-20-15-8-4-5-9-17(15)23-18/h2-11H,1H3,(H,20,22)/b21-12+. The summed E-state index contributed by atoms with van der Waals surface area (Å²) in [5.41, 5.74) is 5.95. The monoisotopic (exact) mass is 302 g/mol. The highest BCUT2D eigenvalue weighted by Gasteiger charge is 2.05. The van der Waals surface area contributed by atoms with Gasteiger partial charge in [0.1, 0.15) is 5.52 Å². The smallest absolute Gasteiger partial charge is 0.316 e. The molecule has 1 N–H and O–H groups in total. The maximum Gasteiger partial charge on any atom is 0.316 e. The van der Waals surface area contributed by atoms with Crippen LogP contribution in [0.25, 0.3) is 21.9 Å². The van der Waals surface area contributed by atoms with Gasteiger partial charge in [-0.15, -0.1) is 0 Å². The van der Waals surface area contributed by atoms with Gasteiger partial charge in [0.05, 0.1) is 11.4 Å². The molecule has 2 heterocycles. The number of benzene rings is 2. The number of hydrogen-bond donors (Lipinski definition) is 1. The molecule has 2 aromatic carbocycles. The largest absolute Gasteiger partial charge is 0.422 e. The topological polar surface area (TPSA) is 63.3 Å². The number of pyridine rings is 1. The van der Waals surface area contributed by atoms with E-state index in [1.807, 2.05) is 61.7 Å². The van der Waals surface area contributed by atoms with E-state index in [1.54, 1.807) is 0 Å². The van der Waals surface area contributed by atoms with Gasteiger partial charge in [0.15, 0.2) is 5.58 Å². The van der Waals surface area contributed by atoms with Gasteiger partial charge in [0.2, 0.25) is 0 Å². The van der Waals surface area contributed by atoms with Gasteiger partial charge in [-0.05, 0) is 30.5 Å². The second-order valence-electron chi connectivity index (χ2n) is 5.21. The molecule has 0 fully saturated rings. The Kier molecular flexibility index (Phi) is 3.24. The van der Waals surface area contributed by atoms with Crippen molar-refractivity contribution in [3.8, 4) is 0 Å². The third kappa shape index (κ3) is 2.64. The lowest BCUT2D eigenvalue weighted by molar-refractivity contribution is 0.617. The maximum absolute atomic E-state index is 5.57. The number of hydrogen-bond acceptors (Lipinski definition) is 5. The number of fused-ring (bicyclic) bond motifs is 2. The summed E-state index contributed by atoms with van der Waals surface area (Å²) in [5.74, 6) is 0. The number of oxazole rings is 1. The van der Waals surface area contributed by atoms with Crippen molar-refractivity contribution in [3.05, 3.63) is 66.5 Å². The number of nitrogens with zero attached hydrogens (tertiary/aromatic N) is 3. The normalized spacial score (nSPS) is 12.0. The predicted octanol–water partition coefficient (Wildman–Crippen LogP) is 4.21. The molecule has 0 aliphatic heterocycles. The van der Waals surface area contributed by atoms with Gasteiger partial charge in [-0.1, -0.05) is 36.4 Å². The first-order valence-corrected chi connectivity index (χ1v) is 7.31. The number of para-hydroxylation sites is 2. The molecule has 23 heavy (non-hydrogen) atoms. The summed E-state index contributed by atoms with van der Waals surface area (Å²) in [6, 6.07) is 18.1. The summed E-state index contributed by atoms with van der Waals surface area (Å²) in [5, 5.41) is 6.56. The number of hydrazone groups is 1. The van der Waals surface area contributed by atoms with Crippen molar-refractivity contribution in [3.63, 3.8) is 0 Å². The van der Waals surface area contributed by atoms with E-state index in [0.717, 1.165) is 33.3 Å². The maximum atomic E-state index is 5.57. The summed E-state index contributed by atoms with van der Waals surface area (Å²) < 4.78 is 5.57. The van der Waals surface area contributed by atoms with Crippen LogP contribution in [0.1, 0.15) is 12.6 Å². The summed E-state index contributed by atoms with van der Waals surface area (Å²) in [4.78, 5) is 8.76. The first-order valence-electron chi connectivity index (χ1n) is 7.31. The molecule has 0 spiro atoms. The lowest BCUT2D eigenvalue weighted by atomic mass is 10.1. The van der Waals surface area contributed by atoms with Crippen LogP contribution < -0.4 is 5.43 Å². The van der Waals surface area contributed by atoms with E-state index in [0.29, 0.717) is 6.01 Å². The zero-order chi connectivity index (χ0) is 15.6. The lowest BCUT2D eigenvalue weighted by Crippen LogP contribution is -2.02. The fourth-order valence-electron chi connectivity index (χ4n) is 2.39. The fourth-order valence-corrected chi connectivity index (χ4v) is 2.39. The Bertz CT molecular complexity index is 987. The van der Waals surface area contributed by atoms with Crippen molar-refractivity contribution in [2.75, 3.05) is 5.43 Å². The van der Waals surface area contributed by atoms with E-state index in [-0.39, 0.29) is 0 Å². The molecular weight excluding hydrogens is 288 g/mol. The van der Waals surface area contributed by atoms with Crippen LogP contribution in [-0.2, 0) is 0 Å². The molecule has 0 bridgehead atoms. The Labute approximate surface area is 132 Å². The highest BCUT2D eigenvalue weighted by Crippen LogP contribution is 2.18. The van der Waals surface area contributed by atoms with Crippen LogP contribution in [0.3, 0.4) is 0 Å².